The number of benzene rings is 3. The average Bonchev–Trinajstić information content (AvgIpc) is 3.43. The van der Waals surface area contributed by atoms with E-state index in [1.165, 1.54) is 12.1 Å². The van der Waals surface area contributed by atoms with Crippen LogP contribution in [0.2, 0.25) is 5.02 Å². The van der Waals surface area contributed by atoms with Crippen LogP contribution < -0.4 is 15.0 Å². The number of hydrogen-bond donors (Lipinski definition) is 1. The summed E-state index contributed by atoms with van der Waals surface area (Å²) in [5.41, 5.74) is 3.98. The maximum atomic E-state index is 13.4. The molecule has 0 saturated carbocycles. The van der Waals surface area contributed by atoms with Crippen molar-refractivity contribution in [1.29, 1.82) is 0 Å². The summed E-state index contributed by atoms with van der Waals surface area (Å²) in [7, 11) is 5.28. The first-order valence-electron chi connectivity index (χ1n) is 13.8. The van der Waals surface area contributed by atoms with Crippen molar-refractivity contribution in [3.05, 3.63) is 107 Å². The van der Waals surface area contributed by atoms with E-state index in [1.54, 1.807) is 37.5 Å². The van der Waals surface area contributed by atoms with Gasteiger partial charge in [-0.2, -0.15) is 9.97 Å². The number of nitrogens with one attached hydrogen (secondary N) is 1. The number of carbonyl (C=O) groups excluding carboxylic acids is 1. The molecule has 9 nitrogen and oxygen atoms in total. The van der Waals surface area contributed by atoms with Crippen LogP contribution in [0.15, 0.2) is 79.1 Å². The Morgan fingerprint density at radius 3 is 2.56 bits per heavy atom. The molecule has 1 N–H and O–H groups in total. The standard InChI is InChI=1S/C32H33ClFN7O2/c1-39(28(42)18-23-7-6-9-26(17-23)43-3)15-16-40(2)32-37-30(35-19-22-11-13-25(34)14-12-22)29-31(38-32)41(21-36-29)20-24-8-4-5-10-27(24)33/h4-14,17,21H,15-16,18-20H2,1-3H3,(H,35,37,38). The third-order valence-electron chi connectivity index (χ3n) is 7.15. The predicted molar refractivity (Wildman–Crippen MR) is 167 cm³/mol. The number of rotatable bonds is 12. The Morgan fingerprint density at radius 1 is 1.00 bits per heavy atom. The molecular weight excluding hydrogens is 569 g/mol. The topological polar surface area (TPSA) is 88.4 Å². The van der Waals surface area contributed by atoms with E-state index >= 15 is 0 Å². The zero-order chi connectivity index (χ0) is 30.3. The maximum Gasteiger partial charge on any atom is 0.229 e. The van der Waals surface area contributed by atoms with Gasteiger partial charge in [0.05, 0.1) is 26.4 Å². The summed E-state index contributed by atoms with van der Waals surface area (Å²) >= 11 is 6.44. The van der Waals surface area contributed by atoms with Crippen molar-refractivity contribution >= 4 is 40.4 Å². The van der Waals surface area contributed by atoms with Gasteiger partial charge in [-0.1, -0.05) is 54.1 Å². The van der Waals surface area contributed by atoms with Gasteiger partial charge in [0.1, 0.15) is 11.6 Å². The largest absolute Gasteiger partial charge is 0.497 e. The van der Waals surface area contributed by atoms with Crippen molar-refractivity contribution in [2.24, 2.45) is 0 Å². The molecule has 5 rings (SSSR count). The predicted octanol–water partition coefficient (Wildman–Crippen LogP) is 5.43. The molecule has 0 fully saturated rings. The molecule has 3 aromatic carbocycles. The summed E-state index contributed by atoms with van der Waals surface area (Å²) in [6.07, 6.45) is 2.00. The highest BCUT2D eigenvalue weighted by Crippen LogP contribution is 2.25. The lowest BCUT2D eigenvalue weighted by atomic mass is 10.1. The fourth-order valence-electron chi connectivity index (χ4n) is 4.56. The normalized spacial score (nSPS) is 11.0. The van der Waals surface area contributed by atoms with Crippen molar-refractivity contribution in [1.82, 2.24) is 24.4 Å². The van der Waals surface area contributed by atoms with Crippen LogP contribution in [0.3, 0.4) is 0 Å². The summed E-state index contributed by atoms with van der Waals surface area (Å²) in [6.45, 7) is 1.88. The Balaban J connectivity index is 1.35. The molecule has 0 radical (unpaired) electrons. The van der Waals surface area contributed by atoms with E-state index in [-0.39, 0.29) is 18.1 Å². The average molecular weight is 602 g/mol. The molecule has 0 aliphatic carbocycles. The molecule has 11 heteroatoms. The smallest absolute Gasteiger partial charge is 0.229 e. The fourth-order valence-corrected chi connectivity index (χ4v) is 4.75. The van der Waals surface area contributed by atoms with Crippen molar-refractivity contribution in [2.75, 3.05) is 44.5 Å². The molecular formula is C32H33ClFN7O2. The van der Waals surface area contributed by atoms with E-state index in [0.29, 0.717) is 54.1 Å². The van der Waals surface area contributed by atoms with E-state index in [9.17, 15) is 9.18 Å². The van der Waals surface area contributed by atoms with Crippen LogP contribution in [-0.4, -0.2) is 64.6 Å². The number of amides is 1. The Morgan fingerprint density at radius 2 is 1.79 bits per heavy atom. The number of imidazole rings is 1. The molecule has 0 aliphatic heterocycles. The van der Waals surface area contributed by atoms with Gasteiger partial charge in [-0.05, 0) is 47.0 Å². The van der Waals surface area contributed by atoms with E-state index in [0.717, 1.165) is 22.4 Å². The zero-order valence-corrected chi connectivity index (χ0v) is 25.1. The van der Waals surface area contributed by atoms with Crippen LogP contribution in [-0.2, 0) is 24.3 Å². The molecule has 1 amide bonds. The molecule has 0 atom stereocenters. The molecule has 0 saturated heterocycles. The number of carbonyl (C=O) groups is 1. The number of aromatic nitrogens is 4. The summed E-state index contributed by atoms with van der Waals surface area (Å²) in [4.78, 5) is 30.8. The Labute approximate surface area is 254 Å². The van der Waals surface area contributed by atoms with Gasteiger partial charge in [-0.15, -0.1) is 0 Å². The fraction of sp³-hybridized carbons (Fsp3) is 0.250. The molecule has 0 spiro atoms. The first-order chi connectivity index (χ1) is 20.8. The first-order valence-corrected chi connectivity index (χ1v) is 14.2. The summed E-state index contributed by atoms with van der Waals surface area (Å²) < 4.78 is 20.6. The van der Waals surface area contributed by atoms with E-state index < -0.39 is 0 Å². The minimum atomic E-state index is -0.289. The SMILES string of the molecule is COc1cccc(CC(=O)N(C)CCN(C)c2nc(NCc3ccc(F)cc3)c3ncn(Cc4ccccc4Cl)c3n2)c1. The minimum Gasteiger partial charge on any atom is -0.497 e. The Kier molecular flexibility index (Phi) is 9.36. The summed E-state index contributed by atoms with van der Waals surface area (Å²) in [5.74, 6) is 1.46. The van der Waals surface area contributed by atoms with Gasteiger partial charge >= 0.3 is 0 Å². The molecule has 222 valence electrons. The van der Waals surface area contributed by atoms with Gasteiger partial charge < -0.3 is 24.4 Å². The van der Waals surface area contributed by atoms with Gasteiger partial charge in [0.15, 0.2) is 17.0 Å². The van der Waals surface area contributed by atoms with Crippen LogP contribution in [0.5, 0.6) is 5.75 Å². The lowest BCUT2D eigenvalue weighted by Crippen LogP contribution is -2.36. The highest BCUT2D eigenvalue weighted by molar-refractivity contribution is 6.31. The number of hydrogen-bond acceptors (Lipinski definition) is 7. The minimum absolute atomic E-state index is 0.00232. The second-order valence-electron chi connectivity index (χ2n) is 10.3. The molecule has 5 aromatic rings. The molecule has 0 unspecified atom stereocenters. The molecule has 2 aromatic heterocycles. The first kappa shape index (κ1) is 29.8. The van der Waals surface area contributed by atoms with Crippen LogP contribution >= 0.6 is 11.6 Å². The van der Waals surface area contributed by atoms with Gasteiger partial charge in [-0.3, -0.25) is 4.79 Å². The lowest BCUT2D eigenvalue weighted by Gasteiger charge is -2.23. The highest BCUT2D eigenvalue weighted by atomic mass is 35.5. The van der Waals surface area contributed by atoms with E-state index in [4.69, 9.17) is 26.3 Å². The molecule has 0 bridgehead atoms. The maximum absolute atomic E-state index is 13.4. The van der Waals surface area contributed by atoms with Gasteiger partial charge in [-0.25, -0.2) is 9.37 Å². The third-order valence-corrected chi connectivity index (χ3v) is 7.52. The van der Waals surface area contributed by atoms with E-state index in [1.807, 2.05) is 65.0 Å². The van der Waals surface area contributed by atoms with Crippen molar-refractivity contribution in [2.45, 2.75) is 19.5 Å². The van der Waals surface area contributed by atoms with Crippen molar-refractivity contribution < 1.29 is 13.9 Å². The second kappa shape index (κ2) is 13.5. The van der Waals surface area contributed by atoms with Crippen molar-refractivity contribution in [3.8, 4) is 5.75 Å². The summed E-state index contributed by atoms with van der Waals surface area (Å²) in [6, 6.07) is 21.5. The lowest BCUT2D eigenvalue weighted by molar-refractivity contribution is -0.129. The third kappa shape index (κ3) is 7.39. The van der Waals surface area contributed by atoms with Crippen LogP contribution in [0, 0.1) is 5.82 Å². The number of ether oxygens (including phenoxy) is 1. The van der Waals surface area contributed by atoms with Gasteiger partial charge in [0, 0.05) is 38.8 Å². The number of likely N-dealkylation sites (N-methyl/N-ethyl adjacent to an activating group) is 2. The molecule has 0 aliphatic rings. The number of methoxy groups -OCH3 is 1. The highest BCUT2D eigenvalue weighted by Gasteiger charge is 2.18. The monoisotopic (exact) mass is 601 g/mol. The number of halogens is 2. The van der Waals surface area contributed by atoms with Gasteiger partial charge in [0.2, 0.25) is 11.9 Å². The van der Waals surface area contributed by atoms with Gasteiger partial charge in [0.25, 0.3) is 0 Å². The van der Waals surface area contributed by atoms with Crippen LogP contribution in [0.25, 0.3) is 11.2 Å². The quantitative estimate of drug-likeness (QED) is 0.204. The second-order valence-corrected chi connectivity index (χ2v) is 10.7. The number of nitrogens with zero attached hydrogens (tertiary/aromatic N) is 6. The molecule has 43 heavy (non-hydrogen) atoms. The number of fused-ring (bicyclic) bond motifs is 1. The summed E-state index contributed by atoms with van der Waals surface area (Å²) in [5, 5.41) is 4.01. The van der Waals surface area contributed by atoms with Crippen molar-refractivity contribution in [3.63, 3.8) is 0 Å². The van der Waals surface area contributed by atoms with Crippen LogP contribution in [0.1, 0.15) is 16.7 Å². The zero-order valence-electron chi connectivity index (χ0n) is 24.3. The Hall–Kier alpha value is -4.70. The van der Waals surface area contributed by atoms with E-state index in [2.05, 4.69) is 10.3 Å². The Bertz CT molecular complexity index is 1710. The van der Waals surface area contributed by atoms with Crippen LogP contribution in [0.4, 0.5) is 16.2 Å². The molecule has 2 heterocycles. The number of anilines is 2.